The molecule has 0 saturated carbocycles. The zero-order chi connectivity index (χ0) is 13.2. The average molecular weight is 573 g/mol. The fourth-order valence-corrected chi connectivity index (χ4v) is 6.23. The van der Waals surface area contributed by atoms with Gasteiger partial charge >= 0.3 is 0 Å². The van der Waals surface area contributed by atoms with E-state index in [0.717, 1.165) is 12.7 Å². The van der Waals surface area contributed by atoms with Crippen molar-refractivity contribution in [2.45, 2.75) is 5.92 Å². The molecule has 0 heterocycles. The number of aliphatic hydroxyl groups excluding tert-OH is 2. The summed E-state index contributed by atoms with van der Waals surface area (Å²) in [6.45, 7) is -0.331. The molecule has 7 heteroatoms. The first-order chi connectivity index (χ1) is 7.93. The zero-order valence-electron chi connectivity index (χ0n) is 8.58. The summed E-state index contributed by atoms with van der Waals surface area (Å²) in [5.74, 6) is -0.880. The summed E-state index contributed by atoms with van der Waals surface area (Å²) in [6.07, 6.45) is 0. The maximum atomic E-state index is 11.4. The topological polar surface area (TPSA) is 83.6 Å². The maximum absolute atomic E-state index is 11.4. The third kappa shape index (κ3) is 3.42. The lowest BCUT2D eigenvalue weighted by Crippen LogP contribution is -2.20. The molecule has 0 aliphatic heterocycles. The molecule has 0 radical (unpaired) electrons. The van der Waals surface area contributed by atoms with Crippen molar-refractivity contribution in [3.05, 3.63) is 27.9 Å². The molecule has 1 aromatic rings. The monoisotopic (exact) mass is 573 g/mol. The molecule has 0 atom stereocenters. The summed E-state index contributed by atoms with van der Waals surface area (Å²) < 4.78 is 2.40. The van der Waals surface area contributed by atoms with Crippen molar-refractivity contribution >= 4 is 73.7 Å². The Labute approximate surface area is 140 Å². The summed E-state index contributed by atoms with van der Waals surface area (Å²) in [5, 5.41) is 18.5. The van der Waals surface area contributed by atoms with Gasteiger partial charge in [0.25, 0.3) is 5.91 Å². The van der Waals surface area contributed by atoms with Gasteiger partial charge in [-0.05, 0) is 79.4 Å². The molecule has 0 aliphatic carbocycles. The van der Waals surface area contributed by atoms with E-state index in [2.05, 4.69) is 45.2 Å². The quantitative estimate of drug-likeness (QED) is 0.480. The maximum Gasteiger partial charge on any atom is 0.250 e. The largest absolute Gasteiger partial charge is 0.396 e. The van der Waals surface area contributed by atoms with Crippen molar-refractivity contribution in [3.63, 3.8) is 0 Å². The highest BCUT2D eigenvalue weighted by molar-refractivity contribution is 14.1. The van der Waals surface area contributed by atoms with Gasteiger partial charge in [-0.2, -0.15) is 0 Å². The first-order valence-corrected chi connectivity index (χ1v) is 7.86. The number of hydrogen-bond donors (Lipinski definition) is 3. The number of nitrogens with two attached hydrogens (primary N) is 1. The third-order valence-electron chi connectivity index (χ3n) is 2.30. The van der Waals surface area contributed by atoms with Crippen molar-refractivity contribution < 1.29 is 15.0 Å². The fraction of sp³-hybridized carbons (Fsp3) is 0.300. The lowest BCUT2D eigenvalue weighted by Gasteiger charge is -2.18. The van der Waals surface area contributed by atoms with E-state index in [0.29, 0.717) is 9.13 Å². The molecule has 0 unspecified atom stereocenters. The van der Waals surface area contributed by atoms with Gasteiger partial charge in [0.05, 0.1) is 18.8 Å². The molecule has 1 amide bonds. The van der Waals surface area contributed by atoms with Crippen molar-refractivity contribution in [2.75, 3.05) is 13.2 Å². The Kier molecular flexibility index (Phi) is 6.36. The van der Waals surface area contributed by atoms with E-state index >= 15 is 0 Å². The molecular formula is C10H10I3NO3. The standard InChI is InChI=1S/C10H10I3NO3/c11-5-1-6(12)8(10(14)17)9(13)7(5)4(2-15)3-16/h1,4,15-16H,2-3H2,(H2,14,17). The van der Waals surface area contributed by atoms with Crippen molar-refractivity contribution in [2.24, 2.45) is 5.73 Å². The predicted octanol–water partition coefficient (Wildman–Crippen LogP) is 1.67. The van der Waals surface area contributed by atoms with Crippen molar-refractivity contribution in [3.8, 4) is 0 Å². The van der Waals surface area contributed by atoms with E-state index in [1.165, 1.54) is 0 Å². The highest BCUT2D eigenvalue weighted by atomic mass is 127. The summed E-state index contributed by atoms with van der Waals surface area (Å²) in [4.78, 5) is 11.4. The lowest BCUT2D eigenvalue weighted by atomic mass is 9.98. The molecule has 0 saturated heterocycles. The molecule has 0 spiro atoms. The molecular weight excluding hydrogens is 563 g/mol. The first kappa shape index (κ1) is 15.9. The lowest BCUT2D eigenvalue weighted by molar-refractivity contribution is 0.0998. The highest BCUT2D eigenvalue weighted by Crippen LogP contribution is 2.32. The minimum absolute atomic E-state index is 0.165. The van der Waals surface area contributed by atoms with Gasteiger partial charge in [-0.3, -0.25) is 4.79 Å². The van der Waals surface area contributed by atoms with E-state index in [1.807, 2.05) is 28.7 Å². The number of benzene rings is 1. The molecule has 0 aromatic heterocycles. The molecule has 0 bridgehead atoms. The molecule has 4 nitrogen and oxygen atoms in total. The summed E-state index contributed by atoms with van der Waals surface area (Å²) >= 11 is 6.22. The number of halogens is 3. The molecule has 1 rings (SSSR count). The van der Waals surface area contributed by atoms with Crippen LogP contribution in [0.3, 0.4) is 0 Å². The van der Waals surface area contributed by atoms with Crippen molar-refractivity contribution in [1.82, 2.24) is 0 Å². The molecule has 17 heavy (non-hydrogen) atoms. The summed E-state index contributed by atoms with van der Waals surface area (Å²) in [6, 6.07) is 1.83. The fourth-order valence-electron chi connectivity index (χ4n) is 1.45. The Morgan fingerprint density at radius 2 is 1.76 bits per heavy atom. The van der Waals surface area contributed by atoms with Gasteiger partial charge in [-0.15, -0.1) is 0 Å². The number of rotatable bonds is 4. The van der Waals surface area contributed by atoms with E-state index in [4.69, 9.17) is 5.73 Å². The van der Waals surface area contributed by atoms with Crippen LogP contribution in [0.1, 0.15) is 21.8 Å². The number of carbonyl (C=O) groups excluding carboxylic acids is 1. The number of amides is 1. The van der Waals surface area contributed by atoms with Gasteiger partial charge in [0.15, 0.2) is 0 Å². The second kappa shape index (κ2) is 6.82. The van der Waals surface area contributed by atoms with Gasteiger partial charge in [-0.25, -0.2) is 0 Å². The van der Waals surface area contributed by atoms with Gasteiger partial charge in [0.1, 0.15) is 0 Å². The minimum Gasteiger partial charge on any atom is -0.396 e. The van der Waals surface area contributed by atoms with Crippen LogP contribution in [0.15, 0.2) is 6.07 Å². The average Bonchev–Trinajstić information content (AvgIpc) is 2.22. The first-order valence-electron chi connectivity index (χ1n) is 4.62. The Balaban J connectivity index is 3.50. The number of primary amides is 1. The van der Waals surface area contributed by atoms with Crippen LogP contribution < -0.4 is 5.73 Å². The molecule has 4 N–H and O–H groups in total. The predicted molar refractivity (Wildman–Crippen MR) is 90.0 cm³/mol. The van der Waals surface area contributed by atoms with Crippen LogP contribution in [-0.4, -0.2) is 29.3 Å². The normalized spacial score (nSPS) is 10.9. The SMILES string of the molecule is NC(=O)c1c(I)cc(I)c(C(CO)CO)c1I. The second-order valence-electron chi connectivity index (χ2n) is 3.37. The van der Waals surface area contributed by atoms with E-state index in [-0.39, 0.29) is 19.1 Å². The number of carbonyl (C=O) groups is 1. The van der Waals surface area contributed by atoms with E-state index in [1.54, 1.807) is 0 Å². The number of aliphatic hydroxyl groups is 2. The van der Waals surface area contributed by atoms with Crippen LogP contribution in [0.5, 0.6) is 0 Å². The summed E-state index contributed by atoms with van der Waals surface area (Å²) in [7, 11) is 0. The smallest absolute Gasteiger partial charge is 0.250 e. The van der Waals surface area contributed by atoms with Crippen LogP contribution in [0.4, 0.5) is 0 Å². The van der Waals surface area contributed by atoms with Crippen molar-refractivity contribution in [1.29, 1.82) is 0 Å². The van der Waals surface area contributed by atoms with Gasteiger partial charge in [0.2, 0.25) is 0 Å². The van der Waals surface area contributed by atoms with E-state index < -0.39 is 5.91 Å². The minimum atomic E-state index is -0.494. The molecule has 0 fully saturated rings. The van der Waals surface area contributed by atoms with Gasteiger partial charge < -0.3 is 15.9 Å². The van der Waals surface area contributed by atoms with E-state index in [9.17, 15) is 15.0 Å². The van der Waals surface area contributed by atoms with Gasteiger partial charge in [-0.1, -0.05) is 0 Å². The Morgan fingerprint density at radius 3 is 2.18 bits per heavy atom. The molecule has 1 aromatic carbocycles. The molecule has 94 valence electrons. The number of hydrogen-bond acceptors (Lipinski definition) is 3. The van der Waals surface area contributed by atoms with Crippen LogP contribution in [-0.2, 0) is 0 Å². The van der Waals surface area contributed by atoms with Crippen LogP contribution in [0.2, 0.25) is 0 Å². The Hall–Kier alpha value is 0.800. The zero-order valence-corrected chi connectivity index (χ0v) is 15.1. The summed E-state index contributed by atoms with van der Waals surface area (Å²) in [5.41, 5.74) is 6.58. The van der Waals surface area contributed by atoms with Crippen LogP contribution >= 0.6 is 67.8 Å². The Morgan fingerprint density at radius 1 is 1.24 bits per heavy atom. The molecule has 0 aliphatic rings. The van der Waals surface area contributed by atoms with Crippen LogP contribution in [0.25, 0.3) is 0 Å². The van der Waals surface area contributed by atoms with Gasteiger partial charge in [0, 0.05) is 16.6 Å². The third-order valence-corrected chi connectivity index (χ3v) is 5.16. The second-order valence-corrected chi connectivity index (χ2v) is 6.77. The highest BCUT2D eigenvalue weighted by Gasteiger charge is 2.22. The van der Waals surface area contributed by atoms with Crippen LogP contribution in [0, 0.1) is 10.7 Å². The Bertz CT molecular complexity index is 447.